The average molecular weight is 314 g/mol. The largest absolute Gasteiger partial charge is 0.469 e. The summed E-state index contributed by atoms with van der Waals surface area (Å²) in [5.41, 5.74) is -0.178. The number of carbonyl (C=O) groups excluding carboxylic acids is 1. The molecule has 1 saturated heterocycles. The maximum atomic E-state index is 12.4. The SMILES string of the molecule is COC(=O)C1CCN(S(=O)(=O)c2ccc([N+](=O)[O-])cc2)C1. The van der Waals surface area contributed by atoms with Crippen molar-refractivity contribution in [2.24, 2.45) is 5.92 Å². The Hall–Kier alpha value is -2.00. The molecule has 0 spiro atoms. The zero-order valence-electron chi connectivity index (χ0n) is 11.3. The number of sulfonamides is 1. The van der Waals surface area contributed by atoms with Crippen molar-refractivity contribution in [3.8, 4) is 0 Å². The summed E-state index contributed by atoms with van der Waals surface area (Å²) in [6, 6.07) is 4.67. The molecule has 1 fully saturated rings. The standard InChI is InChI=1S/C12H14N2O6S/c1-20-12(15)9-6-7-13(8-9)21(18,19)11-4-2-10(3-5-11)14(16)17/h2-5,9H,6-8H2,1H3. The molecule has 1 aromatic rings. The van der Waals surface area contributed by atoms with Crippen molar-refractivity contribution in [3.05, 3.63) is 34.4 Å². The lowest BCUT2D eigenvalue weighted by atomic mass is 10.1. The van der Waals surface area contributed by atoms with Gasteiger partial charge < -0.3 is 4.74 Å². The molecule has 0 radical (unpaired) electrons. The lowest BCUT2D eigenvalue weighted by Crippen LogP contribution is -2.30. The maximum absolute atomic E-state index is 12.4. The topological polar surface area (TPSA) is 107 Å². The summed E-state index contributed by atoms with van der Waals surface area (Å²) < 4.78 is 30.5. The number of nitrogens with zero attached hydrogens (tertiary/aromatic N) is 2. The maximum Gasteiger partial charge on any atom is 0.310 e. The van der Waals surface area contributed by atoms with Crippen molar-refractivity contribution in [2.45, 2.75) is 11.3 Å². The van der Waals surface area contributed by atoms with Crippen LogP contribution in [0.15, 0.2) is 29.2 Å². The van der Waals surface area contributed by atoms with Crippen LogP contribution in [-0.2, 0) is 19.6 Å². The second kappa shape index (κ2) is 5.78. The van der Waals surface area contributed by atoms with Crippen molar-refractivity contribution < 1.29 is 22.9 Å². The lowest BCUT2D eigenvalue weighted by molar-refractivity contribution is -0.384. The van der Waals surface area contributed by atoms with E-state index in [0.29, 0.717) is 6.42 Å². The van der Waals surface area contributed by atoms with Gasteiger partial charge >= 0.3 is 5.97 Å². The minimum atomic E-state index is -3.75. The smallest absolute Gasteiger partial charge is 0.310 e. The van der Waals surface area contributed by atoms with Crippen molar-refractivity contribution in [1.29, 1.82) is 0 Å². The molecule has 1 unspecified atom stereocenters. The van der Waals surface area contributed by atoms with Crippen LogP contribution in [0.25, 0.3) is 0 Å². The van der Waals surface area contributed by atoms with Crippen molar-refractivity contribution in [3.63, 3.8) is 0 Å². The summed E-state index contributed by atoms with van der Waals surface area (Å²) in [4.78, 5) is 21.4. The third-order valence-electron chi connectivity index (χ3n) is 3.37. The molecular formula is C12H14N2O6S. The monoisotopic (exact) mass is 314 g/mol. The van der Waals surface area contributed by atoms with Gasteiger partial charge in [0.2, 0.25) is 10.0 Å². The highest BCUT2D eigenvalue weighted by Gasteiger charge is 2.36. The highest BCUT2D eigenvalue weighted by atomic mass is 32.2. The number of hydrogen-bond donors (Lipinski definition) is 0. The molecule has 1 atom stereocenters. The zero-order valence-corrected chi connectivity index (χ0v) is 12.1. The third kappa shape index (κ3) is 3.03. The highest BCUT2D eigenvalue weighted by molar-refractivity contribution is 7.89. The summed E-state index contributed by atoms with van der Waals surface area (Å²) in [6.45, 7) is 0.283. The summed E-state index contributed by atoms with van der Waals surface area (Å²) in [5.74, 6) is -0.903. The predicted molar refractivity (Wildman–Crippen MR) is 72.0 cm³/mol. The van der Waals surface area contributed by atoms with Crippen LogP contribution in [0.1, 0.15) is 6.42 Å². The molecule has 0 amide bonds. The molecule has 8 nitrogen and oxygen atoms in total. The fourth-order valence-corrected chi connectivity index (χ4v) is 3.69. The Labute approximate surface area is 121 Å². The first kappa shape index (κ1) is 15.4. The van der Waals surface area contributed by atoms with E-state index >= 15 is 0 Å². The van der Waals surface area contributed by atoms with Crippen molar-refractivity contribution >= 4 is 21.7 Å². The molecular weight excluding hydrogens is 300 g/mol. The summed E-state index contributed by atoms with van der Waals surface area (Å²) >= 11 is 0. The van der Waals surface area contributed by atoms with Gasteiger partial charge in [0.05, 0.1) is 22.8 Å². The predicted octanol–water partition coefficient (Wildman–Crippen LogP) is 0.778. The van der Waals surface area contributed by atoms with E-state index in [2.05, 4.69) is 4.74 Å². The van der Waals surface area contributed by atoms with E-state index in [4.69, 9.17) is 0 Å². The van der Waals surface area contributed by atoms with Crippen LogP contribution >= 0.6 is 0 Å². The molecule has 0 aliphatic carbocycles. The Morgan fingerprint density at radius 2 is 2.00 bits per heavy atom. The number of non-ortho nitro benzene ring substituents is 1. The van der Waals surface area contributed by atoms with E-state index < -0.39 is 26.8 Å². The van der Waals surface area contributed by atoms with Crippen LogP contribution in [0.5, 0.6) is 0 Å². The third-order valence-corrected chi connectivity index (χ3v) is 5.25. The molecule has 1 aliphatic heterocycles. The van der Waals surface area contributed by atoms with Gasteiger partial charge in [0.25, 0.3) is 5.69 Å². The van der Waals surface area contributed by atoms with Crippen LogP contribution in [-0.4, -0.2) is 43.8 Å². The van der Waals surface area contributed by atoms with Crippen LogP contribution in [0.4, 0.5) is 5.69 Å². The number of benzene rings is 1. The van der Waals surface area contributed by atoms with Crippen molar-refractivity contribution in [2.75, 3.05) is 20.2 Å². The fourth-order valence-electron chi connectivity index (χ4n) is 2.19. The Bertz CT molecular complexity index is 655. The summed E-state index contributed by atoms with van der Waals surface area (Å²) in [5, 5.41) is 10.6. The summed E-state index contributed by atoms with van der Waals surface area (Å²) in [6.07, 6.45) is 0.402. The molecule has 0 N–H and O–H groups in total. The molecule has 2 rings (SSSR count). The molecule has 114 valence electrons. The van der Waals surface area contributed by atoms with E-state index in [1.165, 1.54) is 23.5 Å². The van der Waals surface area contributed by atoms with E-state index in [1.54, 1.807) is 0 Å². The van der Waals surface area contributed by atoms with E-state index in [1.807, 2.05) is 0 Å². The first-order chi connectivity index (χ1) is 9.86. The molecule has 0 aromatic heterocycles. The fraction of sp³-hybridized carbons (Fsp3) is 0.417. The minimum Gasteiger partial charge on any atom is -0.469 e. The van der Waals surface area contributed by atoms with Crippen molar-refractivity contribution in [1.82, 2.24) is 4.31 Å². The van der Waals surface area contributed by atoms with Gasteiger partial charge in [-0.25, -0.2) is 8.42 Å². The van der Waals surface area contributed by atoms with Gasteiger partial charge in [-0.1, -0.05) is 0 Å². The van der Waals surface area contributed by atoms with Crippen LogP contribution in [0, 0.1) is 16.0 Å². The Balaban J connectivity index is 2.19. The quantitative estimate of drug-likeness (QED) is 0.462. The molecule has 1 aromatic carbocycles. The Morgan fingerprint density at radius 1 is 1.38 bits per heavy atom. The normalized spacial score (nSPS) is 19.4. The number of rotatable bonds is 4. The first-order valence-corrected chi connectivity index (χ1v) is 7.62. The molecule has 1 aliphatic rings. The number of nitro groups is 1. The number of nitro benzene ring substituents is 1. The Kier molecular flexibility index (Phi) is 4.24. The van der Waals surface area contributed by atoms with Crippen LogP contribution < -0.4 is 0 Å². The molecule has 0 saturated carbocycles. The van der Waals surface area contributed by atoms with Gasteiger partial charge in [-0.2, -0.15) is 4.31 Å². The number of ether oxygens (including phenoxy) is 1. The van der Waals surface area contributed by atoms with E-state index in [0.717, 1.165) is 12.1 Å². The van der Waals surface area contributed by atoms with Crippen LogP contribution in [0.2, 0.25) is 0 Å². The molecule has 21 heavy (non-hydrogen) atoms. The average Bonchev–Trinajstić information content (AvgIpc) is 2.97. The van der Waals surface area contributed by atoms with Gasteiger partial charge in [-0.3, -0.25) is 14.9 Å². The van der Waals surface area contributed by atoms with E-state index in [-0.39, 0.29) is 23.7 Å². The van der Waals surface area contributed by atoms with Gasteiger partial charge in [-0.15, -0.1) is 0 Å². The lowest BCUT2D eigenvalue weighted by Gasteiger charge is -2.16. The number of methoxy groups -OCH3 is 1. The first-order valence-electron chi connectivity index (χ1n) is 6.18. The Morgan fingerprint density at radius 3 is 2.52 bits per heavy atom. The molecule has 9 heteroatoms. The second-order valence-electron chi connectivity index (χ2n) is 4.62. The van der Waals surface area contributed by atoms with E-state index in [9.17, 15) is 23.3 Å². The number of hydrogen-bond acceptors (Lipinski definition) is 6. The van der Waals surface area contributed by atoms with Gasteiger partial charge in [0.1, 0.15) is 0 Å². The second-order valence-corrected chi connectivity index (χ2v) is 6.56. The molecule has 0 bridgehead atoms. The summed E-state index contributed by atoms with van der Waals surface area (Å²) in [7, 11) is -2.49. The zero-order chi connectivity index (χ0) is 15.6. The van der Waals surface area contributed by atoms with Gasteiger partial charge in [-0.05, 0) is 18.6 Å². The number of esters is 1. The number of carbonyl (C=O) groups is 1. The minimum absolute atomic E-state index is 0.0291. The van der Waals surface area contributed by atoms with Gasteiger partial charge in [0.15, 0.2) is 0 Å². The molecule has 1 heterocycles. The van der Waals surface area contributed by atoms with Crippen LogP contribution in [0.3, 0.4) is 0 Å². The van der Waals surface area contributed by atoms with Gasteiger partial charge in [0, 0.05) is 25.2 Å². The highest BCUT2D eigenvalue weighted by Crippen LogP contribution is 2.26.